The highest BCUT2D eigenvalue weighted by Gasteiger charge is 2.52. The van der Waals surface area contributed by atoms with Gasteiger partial charge < -0.3 is 149 Å². The van der Waals surface area contributed by atoms with E-state index in [1.165, 1.54) is 0 Å². The lowest BCUT2D eigenvalue weighted by molar-refractivity contribution is -0.350. The minimum atomic E-state index is -2.00. The zero-order valence-corrected chi connectivity index (χ0v) is 34.5. The second kappa shape index (κ2) is 23.2. The number of hydrogen-bond donors (Lipinski definition) is 18. The summed E-state index contributed by atoms with van der Waals surface area (Å²) in [6.07, 6.45) is -51.0. The molecule has 6 fully saturated rings. The summed E-state index contributed by atoms with van der Waals surface area (Å²) in [7, 11) is 0. The highest BCUT2D eigenvalue weighted by Crippen LogP contribution is 2.31. The number of aliphatic hydroxyl groups excluding tert-OH is 18. The summed E-state index contributed by atoms with van der Waals surface area (Å²) >= 11 is 0. The first-order valence-corrected chi connectivity index (χ1v) is 20.8. The number of aliphatic hydroxyl groups is 18. The zero-order valence-electron chi connectivity index (χ0n) is 34.5. The van der Waals surface area contributed by atoms with Gasteiger partial charge in [-0.3, -0.25) is 0 Å². The van der Waals surface area contributed by atoms with Crippen molar-refractivity contribution in [2.75, 3.05) is 39.6 Å². The highest BCUT2D eigenvalue weighted by molar-refractivity contribution is 5.57. The quantitative estimate of drug-likeness (QED) is 0.0639. The molecule has 384 valence electrons. The first kappa shape index (κ1) is 53.9. The minimum absolute atomic E-state index is 0.151. The van der Waals surface area contributed by atoms with Crippen LogP contribution in [0, 0.1) is 0 Å². The molecule has 30 nitrogen and oxygen atoms in total. The average molecular weight is 973 g/mol. The van der Waals surface area contributed by atoms with Crippen LogP contribution in [0.15, 0.2) is 0 Å². The smallest absolute Gasteiger partial charge is 0.187 e. The molecule has 0 aromatic heterocycles. The lowest BCUT2D eigenvalue weighted by Gasteiger charge is -2.44. The second-order valence-corrected chi connectivity index (χ2v) is 16.7. The summed E-state index contributed by atoms with van der Waals surface area (Å²) in [4.78, 5) is 11.2. The van der Waals surface area contributed by atoms with Gasteiger partial charge in [0.25, 0.3) is 0 Å². The van der Waals surface area contributed by atoms with Crippen LogP contribution in [0.2, 0.25) is 0 Å². The van der Waals surface area contributed by atoms with Crippen molar-refractivity contribution in [2.24, 2.45) is 0 Å². The number of hydrogen-bond acceptors (Lipinski definition) is 30. The highest BCUT2D eigenvalue weighted by atomic mass is 16.8. The number of ether oxygens (including phenoxy) is 11. The van der Waals surface area contributed by atoms with Gasteiger partial charge in [-0.05, 0) is 0 Å². The third kappa shape index (κ3) is 11.6. The van der Waals surface area contributed by atoms with Gasteiger partial charge in [0.2, 0.25) is 0 Å². The molecule has 6 heterocycles. The minimum Gasteiger partial charge on any atom is -0.388 e. The summed E-state index contributed by atoms with van der Waals surface area (Å²) in [5, 5.41) is 187. The van der Waals surface area contributed by atoms with Crippen LogP contribution in [-0.2, 0) is 56.9 Å². The van der Waals surface area contributed by atoms with Crippen molar-refractivity contribution in [2.45, 2.75) is 178 Å². The van der Waals surface area contributed by atoms with Crippen molar-refractivity contribution in [3.05, 3.63) is 0 Å². The number of aldehydes is 1. The van der Waals surface area contributed by atoms with Gasteiger partial charge in [0.1, 0.15) is 146 Å². The first-order chi connectivity index (χ1) is 31.2. The normalized spacial score (nSPS) is 52.8. The predicted molar refractivity (Wildman–Crippen MR) is 197 cm³/mol. The summed E-state index contributed by atoms with van der Waals surface area (Å²) in [6, 6.07) is 0. The molecule has 66 heavy (non-hydrogen) atoms. The molecule has 6 rings (SSSR count). The van der Waals surface area contributed by atoms with Gasteiger partial charge in [-0.25, -0.2) is 0 Å². The molecule has 0 bridgehead atoms. The van der Waals surface area contributed by atoms with E-state index in [9.17, 15) is 96.7 Å². The van der Waals surface area contributed by atoms with E-state index in [2.05, 4.69) is 0 Å². The van der Waals surface area contributed by atoms with Crippen LogP contribution in [0.25, 0.3) is 0 Å². The van der Waals surface area contributed by atoms with E-state index < -0.39 is 211 Å². The molecule has 6 aliphatic heterocycles. The molecule has 0 spiro atoms. The van der Waals surface area contributed by atoms with E-state index in [-0.39, 0.29) is 12.9 Å². The van der Waals surface area contributed by atoms with E-state index in [1.54, 1.807) is 0 Å². The Labute approximate surface area is 372 Å². The molecular weight excluding hydrogens is 912 g/mol. The summed E-state index contributed by atoms with van der Waals surface area (Å²) < 4.78 is 59.9. The van der Waals surface area contributed by atoms with Crippen molar-refractivity contribution >= 4 is 6.29 Å². The Bertz CT molecular complexity index is 1510. The summed E-state index contributed by atoms with van der Waals surface area (Å²) in [5.74, 6) is 0. The van der Waals surface area contributed by atoms with E-state index in [1.807, 2.05) is 0 Å². The lowest BCUT2D eigenvalue weighted by Crippen LogP contribution is -2.63. The van der Waals surface area contributed by atoms with Crippen molar-refractivity contribution in [3.8, 4) is 0 Å². The van der Waals surface area contributed by atoms with Crippen molar-refractivity contribution in [1.29, 1.82) is 0 Å². The monoisotopic (exact) mass is 972 g/mol. The summed E-state index contributed by atoms with van der Waals surface area (Å²) in [6.45, 7) is -3.90. The molecule has 6 aliphatic rings. The number of carbonyl (C=O) groups excluding carboxylic acids is 1. The third-order valence-electron chi connectivity index (χ3n) is 12.1. The van der Waals surface area contributed by atoms with E-state index in [4.69, 9.17) is 52.1 Å². The van der Waals surface area contributed by atoms with Crippen molar-refractivity contribution in [1.82, 2.24) is 0 Å². The molecule has 18 N–H and O–H groups in total. The fraction of sp³-hybridized carbons (Fsp3) is 0.972. The van der Waals surface area contributed by atoms with E-state index in [0.717, 1.165) is 0 Å². The van der Waals surface area contributed by atoms with Crippen LogP contribution in [0.5, 0.6) is 0 Å². The van der Waals surface area contributed by atoms with Gasteiger partial charge in [0.15, 0.2) is 37.7 Å². The molecule has 0 aromatic rings. The largest absolute Gasteiger partial charge is 0.388 e. The molecule has 0 aliphatic carbocycles. The van der Waals surface area contributed by atoms with Crippen LogP contribution in [0.3, 0.4) is 0 Å². The predicted octanol–water partition coefficient (Wildman–Crippen LogP) is -13.2. The topological polar surface area (TPSA) is 483 Å². The zero-order chi connectivity index (χ0) is 48.5. The van der Waals surface area contributed by atoms with E-state index >= 15 is 0 Å². The van der Waals surface area contributed by atoms with Gasteiger partial charge in [-0.2, -0.15) is 0 Å². The van der Waals surface area contributed by atoms with E-state index in [0.29, 0.717) is 0 Å². The second-order valence-electron chi connectivity index (χ2n) is 16.7. The Kier molecular flexibility index (Phi) is 18.9. The molecule has 0 aromatic carbocycles. The van der Waals surface area contributed by atoms with Crippen LogP contribution in [0.1, 0.15) is 0 Å². The van der Waals surface area contributed by atoms with Crippen LogP contribution >= 0.6 is 0 Å². The van der Waals surface area contributed by atoms with Crippen molar-refractivity contribution < 1.29 is 149 Å². The van der Waals surface area contributed by atoms with Gasteiger partial charge in [0.05, 0.1) is 39.6 Å². The molecule has 30 heteroatoms. The lowest BCUT2D eigenvalue weighted by atomic mass is 9.97. The molecule has 0 amide bonds. The molecule has 29 atom stereocenters. The molecule has 16 unspecified atom stereocenters. The summed E-state index contributed by atoms with van der Waals surface area (Å²) in [5.41, 5.74) is 0. The fourth-order valence-corrected chi connectivity index (χ4v) is 7.85. The maximum absolute atomic E-state index is 11.2. The first-order valence-electron chi connectivity index (χ1n) is 20.8. The Hall–Kier alpha value is -1.49. The maximum Gasteiger partial charge on any atom is 0.187 e. The molecular formula is C36H60O30. The molecule has 0 radical (unpaired) electrons. The van der Waals surface area contributed by atoms with Gasteiger partial charge >= 0.3 is 0 Å². The Balaban J connectivity index is 1.01. The number of carbonyl (C=O) groups is 1. The maximum atomic E-state index is 11.2. The standard InChI is InChI=1S/C36H60O30/c37-1-9-16(40)22(46)27(51)32(62-9)58-4-11-18(42)24(48)29(53)34(64-11)60-6-13-20(44)26(50)31(55)36(66-13)61-7-14-21(45)25(49)30(54)35(65-14)59-5-12-19(43)23(47)28(52)33(63-12)57-3-10-17(41)15(39)8(38)2-56-10/h1,8-36,38-55H,2-7H2/t8-,9?,10?,11?,12?,13+,14?,15?,16?,17+,18+,19?,20?,21+,22-,23-,24?,25?,26-,27?,28?,29+,30+,31?,32+,33+,34?,35?,36+/m0/s1. The Morgan fingerprint density at radius 1 is 0.318 bits per heavy atom. The van der Waals surface area contributed by atoms with Crippen LogP contribution < -0.4 is 0 Å². The van der Waals surface area contributed by atoms with Gasteiger partial charge in [-0.15, -0.1) is 0 Å². The molecule has 6 saturated heterocycles. The van der Waals surface area contributed by atoms with Crippen molar-refractivity contribution in [3.63, 3.8) is 0 Å². The van der Waals surface area contributed by atoms with Gasteiger partial charge in [0, 0.05) is 0 Å². The van der Waals surface area contributed by atoms with Crippen LogP contribution in [-0.4, -0.2) is 316 Å². The SMILES string of the molecule is O=CC1O[C@@H](OCC2OC(OC[C@H]3O[C@@H](OCC4OC(OCC5O[C@@H](OCC6OC[C@H](O)C(O)[C@@H]6O)C(O)[C@@H](O)C5O)[C@H](O)C(O)[C@@H]4O)C(O)[C@@H](O)C3O)[C@H](O)C(O)[C@@H]2O)C(O)[C@@H](O)C1O. The average Bonchev–Trinajstić information content (AvgIpc) is 3.30. The number of rotatable bonds is 16. The van der Waals surface area contributed by atoms with Gasteiger partial charge in [-0.1, -0.05) is 0 Å². The molecule has 0 saturated carbocycles. The Morgan fingerprint density at radius 3 is 0.879 bits per heavy atom. The van der Waals surface area contributed by atoms with Crippen LogP contribution in [0.4, 0.5) is 0 Å². The third-order valence-corrected chi connectivity index (χ3v) is 12.1. The fourth-order valence-electron chi connectivity index (χ4n) is 7.85. The Morgan fingerprint density at radius 2 is 0.576 bits per heavy atom.